The first-order chi connectivity index (χ1) is 16.7. The van der Waals surface area contributed by atoms with E-state index < -0.39 is 10.2 Å². The number of nitrogens with one attached hydrogen (secondary N) is 2. The van der Waals surface area contributed by atoms with E-state index in [2.05, 4.69) is 10.6 Å². The molecule has 1 aliphatic rings. The average molecular weight is 513 g/mol. The lowest BCUT2D eigenvalue weighted by molar-refractivity contribution is 0.101. The van der Waals surface area contributed by atoms with E-state index >= 15 is 0 Å². The highest BCUT2D eigenvalue weighted by molar-refractivity contribution is 7.90. The van der Waals surface area contributed by atoms with Crippen LogP contribution in [-0.2, 0) is 10.2 Å². The second-order valence-corrected chi connectivity index (χ2v) is 10.6. The second-order valence-electron chi connectivity index (χ2n) is 8.22. The van der Waals surface area contributed by atoms with Crippen LogP contribution in [-0.4, -0.2) is 44.7 Å². The lowest BCUT2D eigenvalue weighted by Crippen LogP contribution is -2.48. The zero-order valence-corrected chi connectivity index (χ0v) is 20.9. The van der Waals surface area contributed by atoms with Crippen molar-refractivity contribution in [1.82, 2.24) is 4.31 Å². The fourth-order valence-corrected chi connectivity index (χ4v) is 5.44. The minimum absolute atomic E-state index is 0.319. The van der Waals surface area contributed by atoms with E-state index in [1.54, 1.807) is 74.6 Å². The number of nitrogens with zero attached hydrogens (tertiary/aromatic N) is 2. The fourth-order valence-electron chi connectivity index (χ4n) is 3.84. The third-order valence-corrected chi connectivity index (χ3v) is 8.01. The van der Waals surface area contributed by atoms with Crippen LogP contribution >= 0.6 is 11.6 Å². The summed E-state index contributed by atoms with van der Waals surface area (Å²) in [5.74, 6) is -0.684. The maximum Gasteiger partial charge on any atom is 0.303 e. The highest BCUT2D eigenvalue weighted by Gasteiger charge is 2.31. The first kappa shape index (κ1) is 24.7. The minimum Gasteiger partial charge on any atom is -0.322 e. The Kier molecular flexibility index (Phi) is 7.11. The molecular formula is C25H25ClN4O4S. The molecule has 1 fully saturated rings. The topological polar surface area (TPSA) is 98.8 Å². The monoisotopic (exact) mass is 512 g/mol. The molecule has 8 nitrogen and oxygen atoms in total. The van der Waals surface area contributed by atoms with E-state index in [4.69, 9.17) is 11.6 Å². The van der Waals surface area contributed by atoms with Crippen LogP contribution in [0.1, 0.15) is 32.7 Å². The van der Waals surface area contributed by atoms with Crippen LogP contribution < -0.4 is 14.9 Å². The molecule has 35 heavy (non-hydrogen) atoms. The second kappa shape index (κ2) is 10.1. The number of carbonyl (C=O) groups excluding carboxylic acids is 2. The minimum atomic E-state index is -3.57. The molecule has 2 N–H and O–H groups in total. The van der Waals surface area contributed by atoms with Gasteiger partial charge in [0.15, 0.2) is 0 Å². The van der Waals surface area contributed by atoms with Gasteiger partial charge in [-0.15, -0.1) is 0 Å². The molecule has 3 aromatic rings. The van der Waals surface area contributed by atoms with Crippen molar-refractivity contribution >= 4 is 50.7 Å². The Balaban J connectivity index is 1.51. The molecule has 0 aromatic heterocycles. The highest BCUT2D eigenvalue weighted by atomic mass is 35.5. The molecule has 0 bridgehead atoms. The van der Waals surface area contributed by atoms with E-state index in [1.807, 2.05) is 6.07 Å². The van der Waals surface area contributed by atoms with Crippen molar-refractivity contribution in [3.05, 3.63) is 88.4 Å². The number of amides is 2. The summed E-state index contributed by atoms with van der Waals surface area (Å²) in [6, 6.07) is 18.5. The molecule has 3 aromatic carbocycles. The van der Waals surface area contributed by atoms with Crippen LogP contribution in [0.3, 0.4) is 0 Å². The molecular weight excluding hydrogens is 488 g/mol. The average Bonchev–Trinajstić information content (AvgIpc) is 2.83. The molecule has 1 aliphatic heterocycles. The third kappa shape index (κ3) is 5.32. The van der Waals surface area contributed by atoms with Gasteiger partial charge in [-0.3, -0.25) is 13.9 Å². The van der Waals surface area contributed by atoms with Crippen LogP contribution in [0, 0.1) is 6.92 Å². The number of hydrogen-bond donors (Lipinski definition) is 2. The smallest absolute Gasteiger partial charge is 0.303 e. The Morgan fingerprint density at radius 1 is 0.914 bits per heavy atom. The molecule has 0 saturated carbocycles. The molecule has 0 aliphatic carbocycles. The molecule has 0 unspecified atom stereocenters. The van der Waals surface area contributed by atoms with Crippen LogP contribution in [0.4, 0.5) is 17.1 Å². The van der Waals surface area contributed by atoms with Gasteiger partial charge >= 0.3 is 10.2 Å². The summed E-state index contributed by atoms with van der Waals surface area (Å²) in [5, 5.41) is 5.90. The molecule has 0 atom stereocenters. The third-order valence-electron chi connectivity index (χ3n) is 5.76. The van der Waals surface area contributed by atoms with E-state index in [9.17, 15) is 18.0 Å². The van der Waals surface area contributed by atoms with E-state index in [0.29, 0.717) is 51.9 Å². The van der Waals surface area contributed by atoms with Gasteiger partial charge in [-0.1, -0.05) is 29.8 Å². The van der Waals surface area contributed by atoms with E-state index in [0.717, 1.165) is 6.42 Å². The zero-order valence-electron chi connectivity index (χ0n) is 19.3. The Morgan fingerprint density at radius 2 is 1.66 bits per heavy atom. The Bertz CT molecular complexity index is 1380. The van der Waals surface area contributed by atoms with Crippen molar-refractivity contribution in [2.75, 3.05) is 35.1 Å². The summed E-state index contributed by atoms with van der Waals surface area (Å²) < 4.78 is 28.0. The van der Waals surface area contributed by atoms with Gasteiger partial charge in [-0.05, 0) is 67.4 Å². The number of carbonyl (C=O) groups is 2. The largest absolute Gasteiger partial charge is 0.322 e. The number of benzene rings is 3. The Hall–Kier alpha value is -3.40. The first-order valence-electron chi connectivity index (χ1n) is 11.0. The molecule has 2 amide bonds. The van der Waals surface area contributed by atoms with Gasteiger partial charge in [0.25, 0.3) is 11.8 Å². The number of anilines is 3. The van der Waals surface area contributed by atoms with Crippen molar-refractivity contribution in [3.63, 3.8) is 0 Å². The molecule has 10 heteroatoms. The highest BCUT2D eigenvalue weighted by Crippen LogP contribution is 2.28. The predicted octanol–water partition coefficient (Wildman–Crippen LogP) is 4.54. The fraction of sp³-hybridized carbons (Fsp3) is 0.200. The molecule has 0 spiro atoms. The summed E-state index contributed by atoms with van der Waals surface area (Å²) in [5.41, 5.74) is 2.85. The molecule has 4 rings (SSSR count). The van der Waals surface area contributed by atoms with Crippen molar-refractivity contribution < 1.29 is 18.0 Å². The van der Waals surface area contributed by atoms with Gasteiger partial charge in [0, 0.05) is 37.0 Å². The van der Waals surface area contributed by atoms with Crippen LogP contribution in [0.15, 0.2) is 66.7 Å². The lowest BCUT2D eigenvalue weighted by atomic mass is 10.1. The summed E-state index contributed by atoms with van der Waals surface area (Å²) in [6.07, 6.45) is 0.719. The summed E-state index contributed by atoms with van der Waals surface area (Å²) in [4.78, 5) is 25.5. The van der Waals surface area contributed by atoms with Crippen LogP contribution in [0.5, 0.6) is 0 Å². The molecule has 1 saturated heterocycles. The summed E-state index contributed by atoms with van der Waals surface area (Å²) in [7, 11) is -2.02. The number of rotatable bonds is 5. The predicted molar refractivity (Wildman–Crippen MR) is 138 cm³/mol. The van der Waals surface area contributed by atoms with Crippen LogP contribution in [0.2, 0.25) is 5.02 Å². The molecule has 0 radical (unpaired) electrons. The van der Waals surface area contributed by atoms with E-state index in [1.165, 1.54) is 8.61 Å². The molecule has 182 valence electrons. The zero-order chi connectivity index (χ0) is 25.2. The number of aryl methyl sites for hydroxylation is 1. The van der Waals surface area contributed by atoms with Crippen molar-refractivity contribution in [1.29, 1.82) is 0 Å². The first-order valence-corrected chi connectivity index (χ1v) is 12.8. The summed E-state index contributed by atoms with van der Waals surface area (Å²) >= 11 is 6.25. The van der Waals surface area contributed by atoms with Gasteiger partial charge < -0.3 is 10.6 Å². The number of hydrogen-bond acceptors (Lipinski definition) is 4. The SMILES string of the molecule is Cc1cc(N2CCCN(C)S2(=O)=O)ccc1C(=O)Nc1ccc(Cl)c(NC(=O)c2ccccc2)c1. The van der Waals surface area contributed by atoms with Crippen molar-refractivity contribution in [2.45, 2.75) is 13.3 Å². The van der Waals surface area contributed by atoms with Crippen LogP contribution in [0.25, 0.3) is 0 Å². The number of halogens is 1. The maximum atomic E-state index is 13.0. The van der Waals surface area contributed by atoms with Gasteiger partial charge in [0.05, 0.1) is 16.4 Å². The van der Waals surface area contributed by atoms with E-state index in [-0.39, 0.29) is 11.8 Å². The Morgan fingerprint density at radius 3 is 2.37 bits per heavy atom. The quantitative estimate of drug-likeness (QED) is 0.524. The van der Waals surface area contributed by atoms with Gasteiger partial charge in [0.2, 0.25) is 0 Å². The van der Waals surface area contributed by atoms with Gasteiger partial charge in [-0.25, -0.2) is 0 Å². The summed E-state index contributed by atoms with van der Waals surface area (Å²) in [6.45, 7) is 2.62. The van der Waals surface area contributed by atoms with Crippen molar-refractivity contribution in [2.24, 2.45) is 0 Å². The van der Waals surface area contributed by atoms with Crippen molar-refractivity contribution in [3.8, 4) is 0 Å². The van der Waals surface area contributed by atoms with Gasteiger partial charge in [-0.2, -0.15) is 12.7 Å². The lowest BCUT2D eigenvalue weighted by Gasteiger charge is -2.34. The standard InChI is InChI=1S/C25H25ClN4O4S/c1-17-15-20(30-14-6-13-29(2)35(30,33)34)10-11-21(17)25(32)27-19-9-12-22(26)23(16-19)28-24(31)18-7-4-3-5-8-18/h3-5,7-12,15-16H,6,13-14H2,1-2H3,(H,27,32)(H,28,31). The Labute approximate surface area is 209 Å². The normalized spacial score (nSPS) is 15.5. The molecule has 1 heterocycles. The maximum absolute atomic E-state index is 13.0. The van der Waals surface area contributed by atoms with Gasteiger partial charge in [0.1, 0.15) is 0 Å².